The van der Waals surface area contributed by atoms with Crippen LogP contribution in [0.15, 0.2) is 29.3 Å². The van der Waals surface area contributed by atoms with Gasteiger partial charge < -0.3 is 15.4 Å². The molecule has 1 aliphatic heterocycles. The molecule has 2 unspecified atom stereocenters. The first-order valence-corrected chi connectivity index (χ1v) is 10.6. The number of hydrogen-bond acceptors (Lipinski definition) is 3. The zero-order valence-electron chi connectivity index (χ0n) is 17.2. The summed E-state index contributed by atoms with van der Waals surface area (Å²) in [7, 11) is 3.96. The van der Waals surface area contributed by atoms with Crippen molar-refractivity contribution in [2.75, 3.05) is 33.8 Å². The van der Waals surface area contributed by atoms with Crippen molar-refractivity contribution in [3.63, 3.8) is 0 Å². The van der Waals surface area contributed by atoms with Gasteiger partial charge in [0, 0.05) is 25.2 Å². The van der Waals surface area contributed by atoms with Crippen LogP contribution in [-0.4, -0.2) is 50.7 Å². The zero-order valence-corrected chi connectivity index (χ0v) is 17.2. The topological polar surface area (TPSA) is 48.9 Å². The average Bonchev–Trinajstić information content (AvgIpc) is 3.19. The van der Waals surface area contributed by atoms with Gasteiger partial charge in [0.1, 0.15) is 5.75 Å². The average molecular weight is 373 g/mol. The van der Waals surface area contributed by atoms with Gasteiger partial charge in [0.15, 0.2) is 5.96 Å². The number of methoxy groups -OCH3 is 1. The second-order valence-corrected chi connectivity index (χ2v) is 7.95. The minimum atomic E-state index is 0.419. The molecule has 0 spiro atoms. The molecule has 2 fully saturated rings. The number of benzene rings is 1. The first-order valence-electron chi connectivity index (χ1n) is 10.6. The molecular formula is C22H36N4O. The van der Waals surface area contributed by atoms with Gasteiger partial charge in [-0.05, 0) is 69.8 Å². The van der Waals surface area contributed by atoms with E-state index in [-0.39, 0.29) is 0 Å². The zero-order chi connectivity index (χ0) is 19.1. The largest absolute Gasteiger partial charge is 0.497 e. The molecule has 27 heavy (non-hydrogen) atoms. The van der Waals surface area contributed by atoms with E-state index in [4.69, 9.17) is 9.73 Å². The fourth-order valence-electron chi connectivity index (χ4n) is 4.57. The van der Waals surface area contributed by atoms with E-state index in [1.165, 1.54) is 44.1 Å². The highest BCUT2D eigenvalue weighted by molar-refractivity contribution is 5.80. The molecule has 2 N–H and O–H groups in total. The summed E-state index contributed by atoms with van der Waals surface area (Å²) in [5.74, 6) is 2.45. The van der Waals surface area contributed by atoms with Crippen molar-refractivity contribution >= 4 is 5.96 Å². The van der Waals surface area contributed by atoms with Crippen LogP contribution in [0.25, 0.3) is 0 Å². The van der Waals surface area contributed by atoms with Gasteiger partial charge in [-0.1, -0.05) is 25.0 Å². The van der Waals surface area contributed by atoms with Crippen LogP contribution in [0.4, 0.5) is 0 Å². The van der Waals surface area contributed by atoms with Gasteiger partial charge in [0.25, 0.3) is 0 Å². The molecule has 1 aromatic rings. The molecule has 0 amide bonds. The molecule has 1 aromatic carbocycles. The molecule has 5 heteroatoms. The van der Waals surface area contributed by atoms with Crippen LogP contribution in [0.5, 0.6) is 5.75 Å². The van der Waals surface area contributed by atoms with Crippen molar-refractivity contribution in [2.45, 2.75) is 57.5 Å². The number of likely N-dealkylation sites (tertiary alicyclic amines) is 1. The summed E-state index contributed by atoms with van der Waals surface area (Å²) >= 11 is 0. The molecule has 0 bridgehead atoms. The molecule has 1 saturated heterocycles. The standard InChI is InChI=1S/C22H36N4O/c1-4-23-22(25-19-9-5-6-10-19)24-16-18-8-7-15-26(2)21(18)17-11-13-20(27-3)14-12-17/h11-14,18-19,21H,4-10,15-16H2,1-3H3,(H2,23,24,25). The third-order valence-electron chi connectivity index (χ3n) is 5.99. The summed E-state index contributed by atoms with van der Waals surface area (Å²) in [6, 6.07) is 9.58. The Kier molecular flexibility index (Phi) is 7.39. The van der Waals surface area contributed by atoms with E-state index in [0.29, 0.717) is 18.0 Å². The molecule has 150 valence electrons. The summed E-state index contributed by atoms with van der Waals surface area (Å²) in [4.78, 5) is 7.48. The van der Waals surface area contributed by atoms with Gasteiger partial charge in [0.05, 0.1) is 7.11 Å². The number of nitrogens with zero attached hydrogens (tertiary/aromatic N) is 2. The number of ether oxygens (including phenoxy) is 1. The van der Waals surface area contributed by atoms with Crippen molar-refractivity contribution in [3.05, 3.63) is 29.8 Å². The first kappa shape index (κ1) is 20.0. The third kappa shape index (κ3) is 5.38. The van der Waals surface area contributed by atoms with Crippen LogP contribution in [0, 0.1) is 5.92 Å². The molecule has 1 heterocycles. The normalized spacial score (nSPS) is 24.8. The Morgan fingerprint density at radius 2 is 1.89 bits per heavy atom. The van der Waals surface area contributed by atoms with E-state index < -0.39 is 0 Å². The summed E-state index contributed by atoms with van der Waals surface area (Å²) in [5.41, 5.74) is 1.37. The lowest BCUT2D eigenvalue weighted by Crippen LogP contribution is -2.43. The minimum absolute atomic E-state index is 0.419. The van der Waals surface area contributed by atoms with Gasteiger partial charge in [-0.25, -0.2) is 0 Å². The lowest BCUT2D eigenvalue weighted by atomic mass is 9.85. The van der Waals surface area contributed by atoms with Gasteiger partial charge in [-0.3, -0.25) is 9.89 Å². The Hall–Kier alpha value is -1.75. The van der Waals surface area contributed by atoms with Crippen LogP contribution in [0.3, 0.4) is 0 Å². The summed E-state index contributed by atoms with van der Waals surface area (Å²) < 4.78 is 5.33. The maximum absolute atomic E-state index is 5.33. The first-order chi connectivity index (χ1) is 13.2. The number of nitrogens with one attached hydrogen (secondary N) is 2. The molecule has 1 aliphatic carbocycles. The van der Waals surface area contributed by atoms with Crippen molar-refractivity contribution in [1.82, 2.24) is 15.5 Å². The summed E-state index contributed by atoms with van der Waals surface area (Å²) in [5, 5.41) is 7.08. The van der Waals surface area contributed by atoms with Gasteiger partial charge >= 0.3 is 0 Å². The van der Waals surface area contributed by atoms with Crippen LogP contribution < -0.4 is 15.4 Å². The molecule has 5 nitrogen and oxygen atoms in total. The molecule has 2 aliphatic rings. The van der Waals surface area contributed by atoms with E-state index in [2.05, 4.69) is 53.8 Å². The van der Waals surface area contributed by atoms with Gasteiger partial charge in [-0.15, -0.1) is 0 Å². The Morgan fingerprint density at radius 3 is 2.56 bits per heavy atom. The number of aliphatic imine (C=N–C) groups is 1. The van der Waals surface area contributed by atoms with Gasteiger partial charge in [0.2, 0.25) is 0 Å². The lowest BCUT2D eigenvalue weighted by Gasteiger charge is -2.39. The fraction of sp³-hybridized carbons (Fsp3) is 0.682. The fourth-order valence-corrected chi connectivity index (χ4v) is 4.57. The Labute approximate surface area is 164 Å². The maximum atomic E-state index is 5.33. The van der Waals surface area contributed by atoms with E-state index in [1.54, 1.807) is 7.11 Å². The van der Waals surface area contributed by atoms with Crippen LogP contribution in [0.2, 0.25) is 0 Å². The molecule has 0 radical (unpaired) electrons. The lowest BCUT2D eigenvalue weighted by molar-refractivity contribution is 0.125. The highest BCUT2D eigenvalue weighted by Crippen LogP contribution is 2.35. The SMILES string of the molecule is CCNC(=NCC1CCCN(C)C1c1ccc(OC)cc1)NC1CCCC1. The predicted octanol–water partition coefficient (Wildman–Crippen LogP) is 3.58. The van der Waals surface area contributed by atoms with Crippen molar-refractivity contribution in [2.24, 2.45) is 10.9 Å². The second kappa shape index (κ2) is 9.98. The van der Waals surface area contributed by atoms with Crippen LogP contribution >= 0.6 is 0 Å². The molecule has 3 rings (SSSR count). The van der Waals surface area contributed by atoms with Gasteiger partial charge in [-0.2, -0.15) is 0 Å². The molecular weight excluding hydrogens is 336 g/mol. The summed E-state index contributed by atoms with van der Waals surface area (Å²) in [6.07, 6.45) is 7.69. The predicted molar refractivity (Wildman–Crippen MR) is 112 cm³/mol. The quantitative estimate of drug-likeness (QED) is 0.592. The second-order valence-electron chi connectivity index (χ2n) is 7.95. The molecule has 1 saturated carbocycles. The maximum Gasteiger partial charge on any atom is 0.191 e. The smallest absolute Gasteiger partial charge is 0.191 e. The number of guanidine groups is 1. The van der Waals surface area contributed by atoms with Crippen molar-refractivity contribution in [1.29, 1.82) is 0 Å². The van der Waals surface area contributed by atoms with E-state index in [1.807, 2.05) is 0 Å². The Balaban J connectivity index is 1.70. The van der Waals surface area contributed by atoms with E-state index in [0.717, 1.165) is 31.3 Å². The van der Waals surface area contributed by atoms with Crippen LogP contribution in [-0.2, 0) is 0 Å². The monoisotopic (exact) mass is 372 g/mol. The number of piperidine rings is 1. The van der Waals surface area contributed by atoms with E-state index in [9.17, 15) is 0 Å². The Bertz CT molecular complexity index is 595. The molecule has 0 aromatic heterocycles. The molecule has 2 atom stereocenters. The van der Waals surface area contributed by atoms with Crippen molar-refractivity contribution in [3.8, 4) is 5.75 Å². The Morgan fingerprint density at radius 1 is 1.15 bits per heavy atom. The highest BCUT2D eigenvalue weighted by Gasteiger charge is 2.30. The third-order valence-corrected chi connectivity index (χ3v) is 5.99. The van der Waals surface area contributed by atoms with E-state index >= 15 is 0 Å². The number of rotatable bonds is 6. The van der Waals surface area contributed by atoms with Crippen molar-refractivity contribution < 1.29 is 4.74 Å². The highest BCUT2D eigenvalue weighted by atomic mass is 16.5. The van der Waals surface area contributed by atoms with Crippen LogP contribution in [0.1, 0.15) is 57.1 Å². The minimum Gasteiger partial charge on any atom is -0.497 e. The number of hydrogen-bond donors (Lipinski definition) is 2. The summed E-state index contributed by atoms with van der Waals surface area (Å²) in [6.45, 7) is 5.06.